The van der Waals surface area contributed by atoms with Gasteiger partial charge in [0, 0.05) is 49.5 Å². The van der Waals surface area contributed by atoms with Crippen LogP contribution in [0.5, 0.6) is 0 Å². The maximum absolute atomic E-state index is 13.0. The van der Waals surface area contributed by atoms with E-state index in [0.717, 1.165) is 83.8 Å². The molecule has 0 unspecified atom stereocenters. The van der Waals surface area contributed by atoms with Gasteiger partial charge >= 0.3 is 0 Å². The highest BCUT2D eigenvalue weighted by molar-refractivity contribution is 6.02. The summed E-state index contributed by atoms with van der Waals surface area (Å²) in [6.07, 6.45) is 6.92. The van der Waals surface area contributed by atoms with Crippen LogP contribution in [0.25, 0.3) is 33.4 Å². The largest absolute Gasteiger partial charge is 0.378 e. The van der Waals surface area contributed by atoms with E-state index in [2.05, 4.69) is 26.1 Å². The molecule has 2 aliphatic heterocycles. The molecule has 8 nitrogen and oxygen atoms in total. The Morgan fingerprint density at radius 3 is 2.46 bits per heavy atom. The summed E-state index contributed by atoms with van der Waals surface area (Å²) in [5.41, 5.74) is 5.27. The van der Waals surface area contributed by atoms with Gasteiger partial charge in [-0.1, -0.05) is 12.1 Å². The molecule has 8 heteroatoms. The Labute approximate surface area is 203 Å². The number of fused-ring (bicyclic) bond motifs is 1. The number of hydrogen-bond acceptors (Lipinski definition) is 6. The maximum Gasteiger partial charge on any atom is 0.253 e. The summed E-state index contributed by atoms with van der Waals surface area (Å²) in [7, 11) is 0. The number of ether oxygens (including phenoxy) is 1. The molecular weight excluding hydrogens is 440 g/mol. The van der Waals surface area contributed by atoms with E-state index in [-0.39, 0.29) is 5.91 Å². The fourth-order valence-electron chi connectivity index (χ4n) is 4.99. The SMILES string of the molecule is O=C(c1ccc(-c2cc(N3CCOCC3)nc3c(-c4ccn[nH]4)nccc23)cc1)N1CCCCC1. The second-order valence-corrected chi connectivity index (χ2v) is 9.08. The van der Waals surface area contributed by atoms with Crippen molar-refractivity contribution in [3.05, 3.63) is 60.4 Å². The number of pyridine rings is 2. The first-order chi connectivity index (χ1) is 17.3. The lowest BCUT2D eigenvalue weighted by Gasteiger charge is -2.28. The van der Waals surface area contributed by atoms with Gasteiger partial charge in [-0.25, -0.2) is 4.98 Å². The van der Waals surface area contributed by atoms with Crippen LogP contribution in [0, 0.1) is 0 Å². The second kappa shape index (κ2) is 9.46. The van der Waals surface area contributed by atoms with Crippen molar-refractivity contribution in [3.63, 3.8) is 0 Å². The number of H-pyrrole nitrogens is 1. The van der Waals surface area contributed by atoms with E-state index in [1.807, 2.05) is 47.5 Å². The second-order valence-electron chi connectivity index (χ2n) is 9.08. The maximum atomic E-state index is 13.0. The number of carbonyl (C=O) groups is 1. The first-order valence-electron chi connectivity index (χ1n) is 12.3. The Balaban J connectivity index is 1.44. The number of nitrogens with zero attached hydrogens (tertiary/aromatic N) is 5. The Kier molecular flexibility index (Phi) is 5.88. The van der Waals surface area contributed by atoms with Crippen LogP contribution in [0.1, 0.15) is 29.6 Å². The lowest BCUT2D eigenvalue weighted by molar-refractivity contribution is 0.0724. The van der Waals surface area contributed by atoms with Gasteiger partial charge in [0.05, 0.1) is 18.9 Å². The quantitative estimate of drug-likeness (QED) is 0.484. The third-order valence-electron chi connectivity index (χ3n) is 6.89. The highest BCUT2D eigenvalue weighted by atomic mass is 16.5. The van der Waals surface area contributed by atoms with Crippen LogP contribution < -0.4 is 4.90 Å². The van der Waals surface area contributed by atoms with Crippen LogP contribution >= 0.6 is 0 Å². The zero-order chi connectivity index (χ0) is 23.6. The Hall–Kier alpha value is -3.78. The number of likely N-dealkylation sites (tertiary alicyclic amines) is 1. The zero-order valence-electron chi connectivity index (χ0n) is 19.6. The van der Waals surface area contributed by atoms with E-state index < -0.39 is 0 Å². The van der Waals surface area contributed by atoms with Gasteiger partial charge in [0.15, 0.2) is 0 Å². The molecule has 2 aliphatic rings. The normalized spacial score (nSPS) is 16.6. The summed E-state index contributed by atoms with van der Waals surface area (Å²) in [5.74, 6) is 1.02. The summed E-state index contributed by atoms with van der Waals surface area (Å²) in [6, 6.07) is 14.1. The predicted molar refractivity (Wildman–Crippen MR) is 135 cm³/mol. The molecular formula is C27H28N6O2. The van der Waals surface area contributed by atoms with E-state index in [9.17, 15) is 4.79 Å². The molecule has 1 amide bonds. The predicted octanol–water partition coefficient (Wildman–Crippen LogP) is 4.15. The zero-order valence-corrected chi connectivity index (χ0v) is 19.6. The minimum Gasteiger partial charge on any atom is -0.378 e. The van der Waals surface area contributed by atoms with Crippen LogP contribution in [0.15, 0.2) is 54.9 Å². The summed E-state index contributed by atoms with van der Waals surface area (Å²) in [6.45, 7) is 4.65. The molecule has 0 saturated carbocycles. The molecule has 5 heterocycles. The van der Waals surface area contributed by atoms with E-state index in [0.29, 0.717) is 13.2 Å². The van der Waals surface area contributed by atoms with Crippen LogP contribution in [-0.4, -0.2) is 70.4 Å². The Bertz CT molecular complexity index is 1320. The van der Waals surface area contributed by atoms with Crippen molar-refractivity contribution < 1.29 is 9.53 Å². The van der Waals surface area contributed by atoms with E-state index in [1.54, 1.807) is 6.20 Å². The number of morpholine rings is 1. The highest BCUT2D eigenvalue weighted by Gasteiger charge is 2.20. The van der Waals surface area contributed by atoms with Gasteiger partial charge < -0.3 is 14.5 Å². The van der Waals surface area contributed by atoms with Crippen molar-refractivity contribution in [2.45, 2.75) is 19.3 Å². The molecule has 2 fully saturated rings. The monoisotopic (exact) mass is 468 g/mol. The van der Waals surface area contributed by atoms with Gasteiger partial charge in [-0.2, -0.15) is 5.10 Å². The Morgan fingerprint density at radius 1 is 0.914 bits per heavy atom. The lowest BCUT2D eigenvalue weighted by Crippen LogP contribution is -2.36. The molecule has 4 aromatic rings. The van der Waals surface area contributed by atoms with Gasteiger partial charge in [0.25, 0.3) is 5.91 Å². The van der Waals surface area contributed by atoms with Gasteiger partial charge in [-0.05, 0) is 60.7 Å². The molecule has 6 rings (SSSR count). The van der Waals surface area contributed by atoms with Crippen molar-refractivity contribution in [2.24, 2.45) is 0 Å². The standard InChI is InChI=1S/C27H28N6O2/c34-27(33-12-2-1-3-13-33)20-6-4-19(5-7-20)22-18-24(32-14-16-35-17-15-32)30-25-21(22)8-10-28-26(25)23-9-11-29-31-23/h4-11,18H,1-3,12-17H2,(H,29,31). The number of benzene rings is 1. The van der Waals surface area contributed by atoms with Crippen molar-refractivity contribution in [1.29, 1.82) is 0 Å². The third-order valence-corrected chi connectivity index (χ3v) is 6.89. The van der Waals surface area contributed by atoms with E-state index >= 15 is 0 Å². The van der Waals surface area contributed by atoms with Crippen LogP contribution in [0.2, 0.25) is 0 Å². The number of piperidine rings is 1. The van der Waals surface area contributed by atoms with Gasteiger partial charge in [-0.3, -0.25) is 14.9 Å². The molecule has 0 spiro atoms. The summed E-state index contributed by atoms with van der Waals surface area (Å²) >= 11 is 0. The lowest BCUT2D eigenvalue weighted by atomic mass is 9.98. The Morgan fingerprint density at radius 2 is 1.71 bits per heavy atom. The minimum absolute atomic E-state index is 0.121. The van der Waals surface area contributed by atoms with Crippen LogP contribution in [-0.2, 0) is 4.74 Å². The molecule has 0 aliphatic carbocycles. The van der Waals surface area contributed by atoms with E-state index in [4.69, 9.17) is 9.72 Å². The van der Waals surface area contributed by atoms with Crippen LogP contribution in [0.4, 0.5) is 5.82 Å². The number of carbonyl (C=O) groups excluding carboxylic acids is 1. The third kappa shape index (κ3) is 4.25. The number of anilines is 1. The van der Waals surface area contributed by atoms with Crippen molar-refractivity contribution in [3.8, 4) is 22.5 Å². The molecule has 3 aromatic heterocycles. The fourth-order valence-corrected chi connectivity index (χ4v) is 4.99. The fraction of sp³-hybridized carbons (Fsp3) is 0.333. The van der Waals surface area contributed by atoms with Gasteiger partial charge in [-0.15, -0.1) is 0 Å². The van der Waals surface area contributed by atoms with E-state index in [1.165, 1.54) is 6.42 Å². The smallest absolute Gasteiger partial charge is 0.253 e. The average Bonchev–Trinajstić information content (AvgIpc) is 3.48. The van der Waals surface area contributed by atoms with Crippen LogP contribution in [0.3, 0.4) is 0 Å². The van der Waals surface area contributed by atoms with Gasteiger partial charge in [0.2, 0.25) is 0 Å². The number of amides is 1. The first-order valence-corrected chi connectivity index (χ1v) is 12.3. The van der Waals surface area contributed by atoms with Crippen molar-refractivity contribution in [1.82, 2.24) is 25.1 Å². The molecule has 2 saturated heterocycles. The molecule has 0 atom stereocenters. The van der Waals surface area contributed by atoms with Crippen molar-refractivity contribution in [2.75, 3.05) is 44.3 Å². The number of rotatable bonds is 4. The van der Waals surface area contributed by atoms with Crippen molar-refractivity contribution >= 4 is 22.6 Å². The summed E-state index contributed by atoms with van der Waals surface area (Å²) in [4.78, 5) is 26.9. The molecule has 1 N–H and O–H groups in total. The summed E-state index contributed by atoms with van der Waals surface area (Å²) in [5, 5.41) is 8.14. The molecule has 0 bridgehead atoms. The average molecular weight is 469 g/mol. The number of hydrogen-bond donors (Lipinski definition) is 1. The molecule has 35 heavy (non-hydrogen) atoms. The molecule has 1 aromatic carbocycles. The number of nitrogens with one attached hydrogen (secondary N) is 1. The molecule has 0 radical (unpaired) electrons. The summed E-state index contributed by atoms with van der Waals surface area (Å²) < 4.78 is 5.56. The van der Waals surface area contributed by atoms with Gasteiger partial charge in [0.1, 0.15) is 17.0 Å². The number of aromatic amines is 1. The first kappa shape index (κ1) is 21.7. The molecule has 178 valence electrons. The number of aromatic nitrogens is 4. The topological polar surface area (TPSA) is 87.2 Å². The highest BCUT2D eigenvalue weighted by Crippen LogP contribution is 2.35. The minimum atomic E-state index is 0.121.